The average molecular weight is 325 g/mol. The molecule has 0 fully saturated rings. The zero-order chi connectivity index (χ0) is 15.4. The molecule has 114 valence electrons. The van der Waals surface area contributed by atoms with E-state index in [0.717, 1.165) is 23.0 Å². The van der Waals surface area contributed by atoms with Crippen LogP contribution in [0.15, 0.2) is 54.9 Å². The molecule has 2 atom stereocenters. The lowest BCUT2D eigenvalue weighted by Crippen LogP contribution is -2.51. The lowest BCUT2D eigenvalue weighted by molar-refractivity contribution is -0.739. The number of ether oxygens (including phenoxy) is 1. The van der Waals surface area contributed by atoms with Crippen molar-refractivity contribution in [1.82, 2.24) is 9.78 Å². The number of halogens is 1. The first-order valence-electron chi connectivity index (χ1n) is 7.74. The number of rotatable bonds is 1. The van der Waals surface area contributed by atoms with Crippen LogP contribution >= 0.6 is 11.6 Å². The molecule has 0 unspecified atom stereocenters. The van der Waals surface area contributed by atoms with Gasteiger partial charge < -0.3 is 4.74 Å². The molecule has 0 N–H and O–H groups in total. The molecule has 2 aromatic carbocycles. The van der Waals surface area contributed by atoms with Crippen molar-refractivity contribution < 1.29 is 9.30 Å². The number of hydrogen-bond acceptors (Lipinski definition) is 2. The summed E-state index contributed by atoms with van der Waals surface area (Å²) >= 11 is 5.97. The highest BCUT2D eigenvalue weighted by molar-refractivity contribution is 6.30. The van der Waals surface area contributed by atoms with Gasteiger partial charge >= 0.3 is 5.82 Å². The van der Waals surface area contributed by atoms with Crippen LogP contribution in [0.3, 0.4) is 0 Å². The van der Waals surface area contributed by atoms with Crippen LogP contribution in [0.1, 0.15) is 23.0 Å². The lowest BCUT2D eigenvalue weighted by Gasteiger charge is -2.23. The second kappa shape index (κ2) is 4.91. The highest BCUT2D eigenvalue weighted by atomic mass is 35.5. The van der Waals surface area contributed by atoms with E-state index in [2.05, 4.69) is 35.2 Å². The van der Waals surface area contributed by atoms with Gasteiger partial charge in [0.2, 0.25) is 6.33 Å². The quantitative estimate of drug-likeness (QED) is 0.644. The summed E-state index contributed by atoms with van der Waals surface area (Å²) in [5.74, 6) is 0.956. The maximum Gasteiger partial charge on any atom is 0.304 e. The zero-order valence-electron chi connectivity index (χ0n) is 12.4. The van der Waals surface area contributed by atoms with Gasteiger partial charge in [0, 0.05) is 16.5 Å². The molecule has 23 heavy (non-hydrogen) atoms. The topological polar surface area (TPSA) is 30.9 Å². The summed E-state index contributed by atoms with van der Waals surface area (Å²) in [6.45, 7) is 0.551. The molecule has 3 aromatic rings. The van der Waals surface area contributed by atoms with Crippen LogP contribution in [0.5, 0.6) is 0 Å². The first kappa shape index (κ1) is 13.3. The Hall–Kier alpha value is -2.17. The zero-order valence-corrected chi connectivity index (χ0v) is 13.1. The molecule has 5 heteroatoms. The van der Waals surface area contributed by atoms with Crippen LogP contribution in [0.4, 0.5) is 0 Å². The summed E-state index contributed by atoms with van der Waals surface area (Å²) in [5.41, 5.74) is 3.72. The second-order valence-electron chi connectivity index (χ2n) is 6.06. The molecule has 0 saturated heterocycles. The van der Waals surface area contributed by atoms with Crippen LogP contribution in [0, 0.1) is 0 Å². The molecule has 2 aliphatic rings. The maximum atomic E-state index is 6.06. The van der Waals surface area contributed by atoms with Gasteiger partial charge in [-0.2, -0.15) is 0 Å². The van der Waals surface area contributed by atoms with Crippen molar-refractivity contribution in [2.24, 2.45) is 0 Å². The Balaban J connectivity index is 1.61. The van der Waals surface area contributed by atoms with Gasteiger partial charge in [0.1, 0.15) is 24.4 Å². The first-order chi connectivity index (χ1) is 11.3. The predicted molar refractivity (Wildman–Crippen MR) is 85.6 cm³/mol. The molecule has 0 bridgehead atoms. The molecule has 5 rings (SSSR count). The van der Waals surface area contributed by atoms with Crippen LogP contribution in [-0.2, 0) is 17.8 Å². The van der Waals surface area contributed by atoms with Gasteiger partial charge in [-0.15, -0.1) is 0 Å². The lowest BCUT2D eigenvalue weighted by atomic mass is 10.1. The SMILES string of the molecule is Clc1ccc(-n2c[n+]3c(n2)CO[C@H]2Cc4ccccc4[C@H]23)cc1. The standard InChI is InChI=1S/C18H15ClN3O/c19-13-5-7-14(8-6-13)22-11-21-17(20-22)10-23-16-9-12-3-1-2-4-15(12)18(16)21/h1-8,11,16,18H,9-10H2/q+1/t16-,18+/m0/s1. The first-order valence-corrected chi connectivity index (χ1v) is 8.12. The monoisotopic (exact) mass is 324 g/mol. The van der Waals surface area contributed by atoms with Crippen molar-refractivity contribution in [3.63, 3.8) is 0 Å². The fraction of sp³-hybridized carbons (Fsp3) is 0.222. The normalized spacial score (nSPS) is 21.6. The number of aromatic nitrogens is 3. The molecule has 1 aliphatic carbocycles. The van der Waals surface area contributed by atoms with Crippen molar-refractivity contribution in [1.29, 1.82) is 0 Å². The van der Waals surface area contributed by atoms with E-state index in [1.165, 1.54) is 11.1 Å². The number of benzene rings is 2. The van der Waals surface area contributed by atoms with E-state index in [1.807, 2.05) is 28.9 Å². The Labute approximate surface area is 138 Å². The minimum atomic E-state index is 0.202. The molecular weight excluding hydrogens is 310 g/mol. The molecule has 0 saturated carbocycles. The third-order valence-corrected chi connectivity index (χ3v) is 4.97. The summed E-state index contributed by atoms with van der Waals surface area (Å²) in [7, 11) is 0. The van der Waals surface area contributed by atoms with Crippen molar-refractivity contribution in [2.45, 2.75) is 25.2 Å². The van der Waals surface area contributed by atoms with Crippen LogP contribution < -0.4 is 4.57 Å². The molecule has 4 nitrogen and oxygen atoms in total. The highest BCUT2D eigenvalue weighted by Crippen LogP contribution is 2.35. The smallest absolute Gasteiger partial charge is 0.304 e. The van der Waals surface area contributed by atoms with Crippen molar-refractivity contribution in [2.75, 3.05) is 0 Å². The molecule has 1 aromatic heterocycles. The summed E-state index contributed by atoms with van der Waals surface area (Å²) in [6, 6.07) is 16.5. The summed E-state index contributed by atoms with van der Waals surface area (Å²) in [5, 5.41) is 5.42. The number of fused-ring (bicyclic) bond motifs is 5. The van der Waals surface area contributed by atoms with Gasteiger partial charge in [0.05, 0.1) is 0 Å². The minimum absolute atomic E-state index is 0.202. The van der Waals surface area contributed by atoms with E-state index in [9.17, 15) is 0 Å². The molecule has 2 heterocycles. The Morgan fingerprint density at radius 2 is 1.96 bits per heavy atom. The van der Waals surface area contributed by atoms with Crippen molar-refractivity contribution >= 4 is 11.6 Å². The Kier molecular flexibility index (Phi) is 2.84. The van der Waals surface area contributed by atoms with Gasteiger partial charge in [0.25, 0.3) is 0 Å². The summed E-state index contributed by atoms with van der Waals surface area (Å²) in [6.07, 6.45) is 3.24. The fourth-order valence-corrected chi connectivity index (χ4v) is 3.76. The average Bonchev–Trinajstić information content (AvgIpc) is 3.16. The molecular formula is C18H15ClN3O+. The number of nitrogens with zero attached hydrogens (tertiary/aromatic N) is 3. The van der Waals surface area contributed by atoms with Gasteiger partial charge in [-0.3, -0.25) is 0 Å². The van der Waals surface area contributed by atoms with Gasteiger partial charge in [0.15, 0.2) is 0 Å². The minimum Gasteiger partial charge on any atom is -0.363 e. The third-order valence-electron chi connectivity index (χ3n) is 4.72. The molecule has 0 radical (unpaired) electrons. The second-order valence-corrected chi connectivity index (χ2v) is 6.49. The molecule has 0 amide bonds. The van der Waals surface area contributed by atoms with Crippen LogP contribution in [-0.4, -0.2) is 15.9 Å². The van der Waals surface area contributed by atoms with E-state index < -0.39 is 0 Å². The third kappa shape index (κ3) is 2.02. The molecule has 1 aliphatic heterocycles. The van der Waals surface area contributed by atoms with Gasteiger partial charge in [-0.05, 0) is 35.4 Å². The fourth-order valence-electron chi connectivity index (χ4n) is 3.64. The number of hydrogen-bond donors (Lipinski definition) is 0. The van der Waals surface area contributed by atoms with Gasteiger partial charge in [-0.25, -0.2) is 4.57 Å². The Bertz CT molecular complexity index is 888. The maximum absolute atomic E-state index is 6.06. The highest BCUT2D eigenvalue weighted by Gasteiger charge is 2.43. The van der Waals surface area contributed by atoms with Crippen LogP contribution in [0.2, 0.25) is 5.02 Å². The molecule has 0 spiro atoms. The Morgan fingerprint density at radius 1 is 1.13 bits per heavy atom. The van der Waals surface area contributed by atoms with E-state index in [1.54, 1.807) is 0 Å². The Morgan fingerprint density at radius 3 is 2.83 bits per heavy atom. The van der Waals surface area contributed by atoms with Crippen molar-refractivity contribution in [3.05, 3.63) is 76.8 Å². The van der Waals surface area contributed by atoms with E-state index in [4.69, 9.17) is 21.4 Å². The van der Waals surface area contributed by atoms with Crippen LogP contribution in [0.25, 0.3) is 5.69 Å². The van der Waals surface area contributed by atoms with Gasteiger partial charge in [-0.1, -0.05) is 40.5 Å². The van der Waals surface area contributed by atoms with E-state index >= 15 is 0 Å². The van der Waals surface area contributed by atoms with Crippen molar-refractivity contribution in [3.8, 4) is 5.69 Å². The summed E-state index contributed by atoms with van der Waals surface area (Å²) in [4.78, 5) is 0. The van der Waals surface area contributed by atoms with E-state index in [-0.39, 0.29) is 12.1 Å². The van der Waals surface area contributed by atoms with E-state index in [0.29, 0.717) is 6.61 Å². The largest absolute Gasteiger partial charge is 0.363 e. The predicted octanol–water partition coefficient (Wildman–Crippen LogP) is 2.86. The summed E-state index contributed by atoms with van der Waals surface area (Å²) < 4.78 is 10.2.